The Labute approximate surface area is 101 Å². The van der Waals surface area contributed by atoms with E-state index in [2.05, 4.69) is 20.5 Å². The van der Waals surface area contributed by atoms with Gasteiger partial charge in [0.2, 0.25) is 5.82 Å². The van der Waals surface area contributed by atoms with Crippen molar-refractivity contribution in [3.63, 3.8) is 0 Å². The van der Waals surface area contributed by atoms with Gasteiger partial charge >= 0.3 is 0 Å². The summed E-state index contributed by atoms with van der Waals surface area (Å²) in [4.78, 5) is 15.8. The molecule has 0 saturated carbocycles. The number of rotatable bonds is 4. The second kappa shape index (κ2) is 5.27. The molecule has 0 fully saturated rings. The minimum atomic E-state index is -0.266. The smallest absolute Gasteiger partial charge is 0.290 e. The lowest BCUT2D eigenvalue weighted by Crippen LogP contribution is -2.29. The molecule has 1 amide bonds. The van der Waals surface area contributed by atoms with E-state index in [1.54, 1.807) is 0 Å². The summed E-state index contributed by atoms with van der Waals surface area (Å²) in [5, 5.41) is 9.41. The van der Waals surface area contributed by atoms with Gasteiger partial charge in [-0.1, -0.05) is 20.8 Å². The van der Waals surface area contributed by atoms with Crippen LogP contribution in [0.1, 0.15) is 50.6 Å². The van der Waals surface area contributed by atoms with Gasteiger partial charge in [-0.2, -0.15) is 0 Å². The summed E-state index contributed by atoms with van der Waals surface area (Å²) in [7, 11) is 0. The van der Waals surface area contributed by atoms with Crippen LogP contribution in [0.5, 0.6) is 0 Å². The van der Waals surface area contributed by atoms with Crippen LogP contribution in [0.25, 0.3) is 0 Å². The second-order valence-corrected chi connectivity index (χ2v) is 5.28. The molecular formula is C11H21N5O. The Bertz CT molecular complexity index is 377. The van der Waals surface area contributed by atoms with E-state index >= 15 is 0 Å². The largest absolute Gasteiger partial charge is 0.349 e. The highest BCUT2D eigenvalue weighted by Gasteiger charge is 2.20. The summed E-state index contributed by atoms with van der Waals surface area (Å²) in [5.74, 6) is 0.617. The number of aromatic nitrogens is 3. The molecule has 96 valence electrons. The molecule has 0 aliphatic carbocycles. The van der Waals surface area contributed by atoms with Crippen LogP contribution in [0.3, 0.4) is 0 Å². The summed E-state index contributed by atoms with van der Waals surface area (Å²) < 4.78 is 0. The molecule has 6 heteroatoms. The first-order chi connectivity index (χ1) is 7.80. The minimum Gasteiger partial charge on any atom is -0.349 e. The SMILES string of the molecule is CC(N)CCNC(=O)c1n[nH]c(C(C)(C)C)n1. The molecule has 0 bridgehead atoms. The molecule has 0 radical (unpaired) electrons. The molecule has 6 nitrogen and oxygen atoms in total. The number of nitrogens with two attached hydrogens (primary N) is 1. The molecule has 0 aromatic carbocycles. The van der Waals surface area contributed by atoms with Gasteiger partial charge in [0.1, 0.15) is 5.82 Å². The van der Waals surface area contributed by atoms with Gasteiger partial charge in [0.15, 0.2) is 0 Å². The fourth-order valence-corrected chi connectivity index (χ4v) is 1.19. The zero-order chi connectivity index (χ0) is 13.1. The normalized spacial score (nSPS) is 13.5. The predicted molar refractivity (Wildman–Crippen MR) is 65.7 cm³/mol. The third kappa shape index (κ3) is 4.14. The minimum absolute atomic E-state index is 0.0765. The summed E-state index contributed by atoms with van der Waals surface area (Å²) in [6.45, 7) is 8.45. The molecule has 1 aromatic rings. The van der Waals surface area contributed by atoms with Crippen molar-refractivity contribution in [1.82, 2.24) is 20.5 Å². The Morgan fingerprint density at radius 1 is 1.53 bits per heavy atom. The monoisotopic (exact) mass is 239 g/mol. The van der Waals surface area contributed by atoms with E-state index in [0.717, 1.165) is 6.42 Å². The lowest BCUT2D eigenvalue weighted by atomic mass is 9.96. The van der Waals surface area contributed by atoms with Crippen molar-refractivity contribution in [2.24, 2.45) is 5.73 Å². The molecule has 1 heterocycles. The molecular weight excluding hydrogens is 218 g/mol. The van der Waals surface area contributed by atoms with Gasteiger partial charge in [0.25, 0.3) is 5.91 Å². The molecule has 0 aliphatic heterocycles. The zero-order valence-electron chi connectivity index (χ0n) is 10.9. The molecule has 1 unspecified atom stereocenters. The van der Waals surface area contributed by atoms with Gasteiger partial charge in [-0.15, -0.1) is 5.10 Å². The number of nitrogens with zero attached hydrogens (tertiary/aromatic N) is 2. The van der Waals surface area contributed by atoms with Crippen LogP contribution in [-0.2, 0) is 5.41 Å². The van der Waals surface area contributed by atoms with Gasteiger partial charge in [-0.05, 0) is 13.3 Å². The lowest BCUT2D eigenvalue weighted by molar-refractivity contribution is 0.0942. The Morgan fingerprint density at radius 2 is 2.18 bits per heavy atom. The van der Waals surface area contributed by atoms with Crippen LogP contribution >= 0.6 is 0 Å². The molecule has 0 aliphatic rings. The third-order valence-corrected chi connectivity index (χ3v) is 2.28. The van der Waals surface area contributed by atoms with Crippen molar-refractivity contribution in [2.45, 2.75) is 45.6 Å². The van der Waals surface area contributed by atoms with Gasteiger partial charge < -0.3 is 11.1 Å². The quantitative estimate of drug-likeness (QED) is 0.715. The first kappa shape index (κ1) is 13.6. The van der Waals surface area contributed by atoms with E-state index in [1.165, 1.54) is 0 Å². The Morgan fingerprint density at radius 3 is 2.65 bits per heavy atom. The fourth-order valence-electron chi connectivity index (χ4n) is 1.19. The standard InChI is InChI=1S/C11H21N5O/c1-7(12)5-6-13-9(17)8-14-10(16-15-8)11(2,3)4/h7H,5-6,12H2,1-4H3,(H,13,17)(H,14,15,16). The van der Waals surface area contributed by atoms with E-state index < -0.39 is 0 Å². The van der Waals surface area contributed by atoms with E-state index in [9.17, 15) is 4.79 Å². The van der Waals surface area contributed by atoms with Crippen LogP contribution in [0.15, 0.2) is 0 Å². The average Bonchev–Trinajstić information content (AvgIpc) is 2.64. The van der Waals surface area contributed by atoms with Crippen molar-refractivity contribution in [3.05, 3.63) is 11.6 Å². The van der Waals surface area contributed by atoms with Gasteiger partial charge in [0.05, 0.1) is 0 Å². The van der Waals surface area contributed by atoms with E-state index in [4.69, 9.17) is 5.73 Å². The van der Waals surface area contributed by atoms with Crippen LogP contribution < -0.4 is 11.1 Å². The van der Waals surface area contributed by atoms with E-state index in [-0.39, 0.29) is 23.2 Å². The highest BCUT2D eigenvalue weighted by Crippen LogP contribution is 2.17. The third-order valence-electron chi connectivity index (χ3n) is 2.28. The maximum Gasteiger partial charge on any atom is 0.290 e. The number of nitrogens with one attached hydrogen (secondary N) is 2. The number of amides is 1. The van der Waals surface area contributed by atoms with Crippen molar-refractivity contribution in [3.8, 4) is 0 Å². The maximum atomic E-state index is 11.7. The first-order valence-corrected chi connectivity index (χ1v) is 5.77. The molecule has 4 N–H and O–H groups in total. The molecule has 17 heavy (non-hydrogen) atoms. The number of carbonyl (C=O) groups excluding carboxylic acids is 1. The number of aromatic amines is 1. The van der Waals surface area contributed by atoms with E-state index in [0.29, 0.717) is 12.4 Å². The van der Waals surface area contributed by atoms with Crippen LogP contribution in [0.2, 0.25) is 0 Å². The second-order valence-electron chi connectivity index (χ2n) is 5.28. The van der Waals surface area contributed by atoms with Crippen LogP contribution in [0, 0.1) is 0 Å². The fraction of sp³-hybridized carbons (Fsp3) is 0.727. The predicted octanol–water partition coefficient (Wildman–Crippen LogP) is 0.569. The first-order valence-electron chi connectivity index (χ1n) is 5.77. The van der Waals surface area contributed by atoms with Crippen LogP contribution in [-0.4, -0.2) is 33.7 Å². The molecule has 0 saturated heterocycles. The zero-order valence-corrected chi connectivity index (χ0v) is 10.9. The molecule has 1 aromatic heterocycles. The van der Waals surface area contributed by atoms with Crippen molar-refractivity contribution < 1.29 is 4.79 Å². The number of H-pyrrole nitrogens is 1. The maximum absolute atomic E-state index is 11.7. The summed E-state index contributed by atoms with van der Waals surface area (Å²) in [5.41, 5.74) is 5.45. The molecule has 1 atom stereocenters. The van der Waals surface area contributed by atoms with Crippen molar-refractivity contribution >= 4 is 5.91 Å². The Balaban J connectivity index is 2.56. The van der Waals surface area contributed by atoms with E-state index in [1.807, 2.05) is 27.7 Å². The van der Waals surface area contributed by atoms with Crippen LogP contribution in [0.4, 0.5) is 0 Å². The number of carbonyl (C=O) groups is 1. The highest BCUT2D eigenvalue weighted by atomic mass is 16.2. The molecule has 1 rings (SSSR count). The number of hydrogen-bond acceptors (Lipinski definition) is 4. The summed E-state index contributed by atoms with van der Waals surface area (Å²) in [6, 6.07) is 0.0765. The topological polar surface area (TPSA) is 96.7 Å². The van der Waals surface area contributed by atoms with Crippen molar-refractivity contribution in [2.75, 3.05) is 6.54 Å². The molecule has 0 spiro atoms. The number of hydrogen-bond donors (Lipinski definition) is 3. The van der Waals surface area contributed by atoms with Crippen molar-refractivity contribution in [1.29, 1.82) is 0 Å². The highest BCUT2D eigenvalue weighted by molar-refractivity contribution is 5.90. The Hall–Kier alpha value is -1.43. The van der Waals surface area contributed by atoms with Gasteiger partial charge in [0, 0.05) is 18.0 Å². The average molecular weight is 239 g/mol. The summed E-state index contributed by atoms with van der Waals surface area (Å²) in [6.07, 6.45) is 0.738. The van der Waals surface area contributed by atoms with Gasteiger partial charge in [-0.3, -0.25) is 9.89 Å². The Kier molecular flexibility index (Phi) is 4.22. The lowest BCUT2D eigenvalue weighted by Gasteiger charge is -2.12. The van der Waals surface area contributed by atoms with Gasteiger partial charge in [-0.25, -0.2) is 4.98 Å². The summed E-state index contributed by atoms with van der Waals surface area (Å²) >= 11 is 0.